The summed E-state index contributed by atoms with van der Waals surface area (Å²) in [5.41, 5.74) is 11.0. The summed E-state index contributed by atoms with van der Waals surface area (Å²) in [4.78, 5) is 81.5. The molecule has 4 aliphatic heterocycles. The van der Waals surface area contributed by atoms with E-state index in [4.69, 9.17) is 20.3 Å². The van der Waals surface area contributed by atoms with Gasteiger partial charge in [-0.15, -0.1) is 6.58 Å². The Bertz CT molecular complexity index is 4610. The summed E-state index contributed by atoms with van der Waals surface area (Å²) in [6.07, 6.45) is 7.86. The van der Waals surface area contributed by atoms with E-state index in [0.29, 0.717) is 48.6 Å². The first-order chi connectivity index (χ1) is 54.0. The summed E-state index contributed by atoms with van der Waals surface area (Å²) in [6.45, 7) is 19.7. The highest BCUT2D eigenvalue weighted by atomic mass is 32.2. The molecule has 8 aromatic rings. The quantitative estimate of drug-likeness (QED) is 0.0245. The largest absolute Gasteiger partial charge is 0.508 e. The SMILES string of the molecule is C=CCC1(C(C)CC)C(=O)NC(=O)NC1=O.CC(CN1c2ccccc2Sc2ccccc21)N(C)C.CC[C@@H](c1cccc(O)c1)[C@@H](C)CN(C)C.COc1ccc2cc([C@H](C)C(=O)O)ccc2c1.NC(=O)CS(=O)C(c1ccccc1)c1ccccc1.O=C1CC[C@@]2(O)[C@H]3Cc4ccc(O)c5c4[C@@]2(CCN3CC2CC2)[C@H]1O5. The van der Waals surface area contributed by atoms with E-state index in [0.717, 1.165) is 95.7 Å². The number of ether oxygens (including phenoxy) is 2. The van der Waals surface area contributed by atoms with Crippen molar-refractivity contribution in [2.45, 2.75) is 155 Å². The number of Topliss-reactive ketones (excluding diaryl/α,β-unsaturated/α-hetero) is 1. The number of carboxylic acids is 1. The molecule has 4 fully saturated rings. The number of methoxy groups -OCH3 is 1. The Morgan fingerprint density at radius 1 is 0.743 bits per heavy atom. The number of hydrogen-bond acceptors (Lipinski definition) is 17. The molecule has 1 spiro atoms. The molecule has 2 saturated carbocycles. The molecule has 8 N–H and O–H groups in total. The number of nitrogens with zero attached hydrogens (tertiary/aromatic N) is 4. The number of benzene rings is 8. The van der Waals surface area contributed by atoms with E-state index >= 15 is 0 Å². The summed E-state index contributed by atoms with van der Waals surface area (Å²) < 4.78 is 23.5. The zero-order chi connectivity index (χ0) is 81.6. The molecule has 0 radical (unpaired) electrons. The molecule has 8 aromatic carbocycles. The van der Waals surface area contributed by atoms with Crippen LogP contribution in [0.4, 0.5) is 16.2 Å². The van der Waals surface area contributed by atoms with Crippen LogP contribution in [0.25, 0.3) is 10.8 Å². The number of aromatic hydroxyl groups is 2. The van der Waals surface area contributed by atoms with E-state index in [1.807, 2.05) is 141 Å². The van der Waals surface area contributed by atoms with Crippen LogP contribution in [-0.2, 0) is 46.6 Å². The first-order valence-corrected chi connectivity index (χ1v) is 41.3. The first-order valence-electron chi connectivity index (χ1n) is 39.1. The Morgan fingerprint density at radius 3 is 1.88 bits per heavy atom. The normalized spacial score (nSPS) is 20.8. The number of aliphatic carboxylic acids is 1. The fourth-order valence-electron chi connectivity index (χ4n) is 16.8. The number of rotatable bonds is 22. The Hall–Kier alpha value is -9.68. The molecule has 5 amide bonds. The summed E-state index contributed by atoms with van der Waals surface area (Å²) >= 11 is 1.87. The van der Waals surface area contributed by atoms with Crippen molar-refractivity contribution >= 4 is 80.2 Å². The molecule has 2 saturated heterocycles. The third-order valence-corrected chi connectivity index (χ3v) is 26.1. The topological polar surface area (TPSA) is 282 Å². The number of likely N-dealkylation sites (tertiary alicyclic amines) is 1. The maximum Gasteiger partial charge on any atom is 0.328 e. The smallest absolute Gasteiger partial charge is 0.328 e. The van der Waals surface area contributed by atoms with Crippen molar-refractivity contribution in [3.05, 3.63) is 228 Å². The number of phenolic OH excluding ortho intramolecular Hbond substituents is 2. The van der Waals surface area contributed by atoms with Crippen molar-refractivity contribution in [1.82, 2.24) is 25.3 Å². The lowest BCUT2D eigenvalue weighted by atomic mass is 9.49. The number of carbonyl (C=O) groups is 6. The number of urea groups is 1. The fraction of sp³-hybridized carbons (Fsp3) is 0.407. The van der Waals surface area contributed by atoms with Crippen LogP contribution in [0.5, 0.6) is 23.0 Å². The van der Waals surface area contributed by atoms with Gasteiger partial charge in [-0.1, -0.05) is 179 Å². The first kappa shape index (κ1) is 85.7. The number of likely N-dealkylation sites (N-methyl/N-ethyl adjacent to an activating group) is 1. The zero-order valence-electron chi connectivity index (χ0n) is 66.8. The van der Waals surface area contributed by atoms with Crippen molar-refractivity contribution in [3.8, 4) is 23.0 Å². The van der Waals surface area contributed by atoms with Gasteiger partial charge in [0.15, 0.2) is 23.4 Å². The standard InChI is InChI=1S/C20H23NO4.C17H20N2S.C15H15NO2S.C14H23NO.C14H14O3.C11H16N2O3/c22-13-4-3-12-9-15-20(24)6-5-14(23)18-19(20,16(12)17(13)25-18)7-8-21(15)10-11-1-2-11;1-13(18(2)3)12-19-14-8-4-6-10-16(14)20-17-11-7-5-9-15(17)19;16-14(17)11-19(18)15(12-7-3-1-4-8-12)13-9-5-2-6-10-13;1-5-14(11(2)10-15(3)4)12-7-6-8-13(16)9-12;1-9(14(15)16)10-3-4-12-8-13(17-2)6-5-11(12)7-10;1-4-6-11(7(3)5-2)8(14)12-10(16)13-9(11)15/h3-4,11,15,18,22,24H,1-2,5-10H2;4-11,13H,12H2,1-3H3;1-10,15H,11H2,(H2,16,17);6-9,11,14,16H,5,10H2,1-4H3;3-9H,1-2H3,(H,15,16);4,7H,1,5-6H2,2-3H3,(H2,12,13,14,15,16)/t15-,18+,19+,20-;;;11-,14+;9-;/m1..00./s1. The number of ketones is 1. The molecule has 15 rings (SSSR count). The molecular formula is C91H111N7O13S2. The minimum Gasteiger partial charge on any atom is -0.508 e. The van der Waals surface area contributed by atoms with Gasteiger partial charge in [-0.3, -0.25) is 43.7 Å². The number of aliphatic hydroxyl groups is 1. The number of nitrogens with one attached hydrogen (secondary N) is 2. The van der Waals surface area contributed by atoms with Crippen LogP contribution in [0.1, 0.15) is 143 Å². The number of anilines is 2. The molecule has 0 aromatic heterocycles. The number of imide groups is 2. The minimum atomic E-state index is -1.36. The highest BCUT2D eigenvalue weighted by molar-refractivity contribution is 7.99. The second kappa shape index (κ2) is 38.0. The lowest BCUT2D eigenvalue weighted by molar-refractivity contribution is -0.188. The van der Waals surface area contributed by atoms with Crippen LogP contribution in [0.15, 0.2) is 204 Å². The number of amides is 5. The second-order valence-electron chi connectivity index (χ2n) is 31.3. The van der Waals surface area contributed by atoms with Gasteiger partial charge in [-0.2, -0.15) is 0 Å². The lowest BCUT2D eigenvalue weighted by Crippen LogP contribution is -2.76. The Kier molecular flexibility index (Phi) is 28.8. The molecule has 113 heavy (non-hydrogen) atoms. The molecule has 3 unspecified atom stereocenters. The molecule has 600 valence electrons. The van der Waals surface area contributed by atoms with Gasteiger partial charge >= 0.3 is 12.0 Å². The maximum atomic E-state index is 12.7. The van der Waals surface area contributed by atoms with Gasteiger partial charge < -0.3 is 50.3 Å². The van der Waals surface area contributed by atoms with Crippen LogP contribution < -0.4 is 30.7 Å². The predicted octanol–water partition coefficient (Wildman–Crippen LogP) is 14.9. The second-order valence-corrected chi connectivity index (χ2v) is 33.9. The molecule has 20 nitrogen and oxygen atoms in total. The Balaban J connectivity index is 0.000000145. The van der Waals surface area contributed by atoms with Crippen LogP contribution in [0.2, 0.25) is 0 Å². The van der Waals surface area contributed by atoms with Crippen LogP contribution in [0, 0.1) is 23.2 Å². The van der Waals surface area contributed by atoms with Crippen LogP contribution >= 0.6 is 11.8 Å². The number of primary amides is 1. The van der Waals surface area contributed by atoms with Gasteiger partial charge in [0.25, 0.3) is 0 Å². The van der Waals surface area contributed by atoms with Gasteiger partial charge in [0.05, 0.1) is 40.7 Å². The van der Waals surface area contributed by atoms with E-state index in [1.165, 1.54) is 45.6 Å². The number of hydrogen-bond donors (Lipinski definition) is 7. The van der Waals surface area contributed by atoms with Crippen LogP contribution in [-0.4, -0.2) is 166 Å². The fourth-order valence-corrected chi connectivity index (χ4v) is 19.3. The number of fused-ring (bicyclic) bond motifs is 3. The predicted molar refractivity (Wildman–Crippen MR) is 448 cm³/mol. The van der Waals surface area contributed by atoms with Crippen molar-refractivity contribution in [2.75, 3.05) is 72.1 Å². The summed E-state index contributed by atoms with van der Waals surface area (Å²) in [6, 6.07) is 58.9. The Labute approximate surface area is 672 Å². The van der Waals surface area contributed by atoms with Crippen LogP contribution in [0.3, 0.4) is 0 Å². The van der Waals surface area contributed by atoms with Crippen molar-refractivity contribution in [3.63, 3.8) is 0 Å². The number of allylic oxidation sites excluding steroid dienone is 1. The van der Waals surface area contributed by atoms with Gasteiger partial charge in [0.1, 0.15) is 22.7 Å². The highest BCUT2D eigenvalue weighted by Gasteiger charge is 2.73. The van der Waals surface area contributed by atoms with E-state index in [-0.39, 0.29) is 40.9 Å². The monoisotopic (exact) mass is 1570 g/mol. The highest BCUT2D eigenvalue weighted by Crippen LogP contribution is 2.65. The molecular weight excluding hydrogens is 1460 g/mol. The van der Waals surface area contributed by atoms with E-state index < -0.39 is 69.0 Å². The lowest BCUT2D eigenvalue weighted by Gasteiger charge is -2.62. The average Bonchev–Trinajstić information content (AvgIpc) is 1.54. The number of barbiturate groups is 1. The van der Waals surface area contributed by atoms with Gasteiger partial charge in [0, 0.05) is 64.3 Å². The molecule has 2 bridgehead atoms. The van der Waals surface area contributed by atoms with Crippen molar-refractivity contribution in [1.29, 1.82) is 0 Å². The van der Waals surface area contributed by atoms with Gasteiger partial charge in [0.2, 0.25) is 17.7 Å². The summed E-state index contributed by atoms with van der Waals surface area (Å²) in [7, 11) is 8.75. The van der Waals surface area contributed by atoms with Gasteiger partial charge in [-0.05, 0) is 210 Å². The summed E-state index contributed by atoms with van der Waals surface area (Å²) in [5.74, 6) is 0.494. The van der Waals surface area contributed by atoms with E-state index in [1.54, 1.807) is 26.2 Å². The molecule has 7 aliphatic rings. The number of carboxylic acid groups (broad SMARTS) is 1. The number of para-hydroxylation sites is 2. The maximum absolute atomic E-state index is 12.7. The molecule has 3 aliphatic carbocycles. The third-order valence-electron chi connectivity index (χ3n) is 23.4. The summed E-state index contributed by atoms with van der Waals surface area (Å²) in [5, 5.41) is 46.8. The molecule has 10 atom stereocenters. The average molecular weight is 1580 g/mol. The number of phenols is 2. The van der Waals surface area contributed by atoms with Gasteiger partial charge in [-0.25, -0.2) is 4.79 Å². The molecule has 22 heteroatoms. The number of carbonyl (C=O) groups excluding carboxylic acids is 5. The molecule has 4 heterocycles. The van der Waals surface area contributed by atoms with E-state index in [2.05, 4.69) is 140 Å². The number of nitrogens with two attached hydrogens (primary N) is 1. The minimum absolute atomic E-state index is 0.0454. The Morgan fingerprint density at radius 2 is 1.34 bits per heavy atom. The van der Waals surface area contributed by atoms with Crippen molar-refractivity contribution < 1.29 is 62.9 Å². The zero-order valence-corrected chi connectivity index (χ0v) is 68.5. The van der Waals surface area contributed by atoms with E-state index in [9.17, 15) is 48.3 Å². The van der Waals surface area contributed by atoms with Crippen molar-refractivity contribution in [2.24, 2.45) is 28.9 Å². The number of piperidine rings is 1. The third kappa shape index (κ3) is 19.2.